The van der Waals surface area contributed by atoms with Gasteiger partial charge in [0.05, 0.1) is 23.1 Å². The Morgan fingerprint density at radius 3 is 2.50 bits per heavy atom. The van der Waals surface area contributed by atoms with Gasteiger partial charge in [-0.2, -0.15) is 13.2 Å². The summed E-state index contributed by atoms with van der Waals surface area (Å²) in [4.78, 5) is 17.1. The number of carbonyl (C=O) groups is 1. The second-order valence-electron chi connectivity index (χ2n) is 8.45. The van der Waals surface area contributed by atoms with Crippen LogP contribution >= 0.6 is 11.6 Å². The van der Waals surface area contributed by atoms with Crippen LogP contribution in [-0.2, 0) is 15.7 Å². The lowest BCUT2D eigenvalue weighted by molar-refractivity contribution is -0.141. The van der Waals surface area contributed by atoms with Gasteiger partial charge in [-0.05, 0) is 43.2 Å². The number of pyridine rings is 1. The molecule has 9 heteroatoms. The fourth-order valence-corrected chi connectivity index (χ4v) is 5.18. The molecule has 1 N–H and O–H groups in total. The Labute approximate surface area is 197 Å². The summed E-state index contributed by atoms with van der Waals surface area (Å²) in [6, 6.07) is 14.7. The first-order chi connectivity index (χ1) is 16.2. The van der Waals surface area contributed by atoms with Gasteiger partial charge in [0, 0.05) is 28.4 Å². The van der Waals surface area contributed by atoms with E-state index in [1.165, 1.54) is 24.3 Å². The molecule has 2 bridgehead atoms. The minimum atomic E-state index is -4.58. The standard InChI is InChI=1S/C25H19ClF4N2O2/c26-16-12-13(8-9-14(16)15-4-1-2-5-17(15)27)31-24(33)23-20-11-10-19(34-20)22(23)18-6-3-7-21(32-18)25(28,29)30/h1-9,12,19-20,22-23H,10-11H2,(H,31,33). The first kappa shape index (κ1) is 22.8. The van der Waals surface area contributed by atoms with Crippen LogP contribution in [0.3, 0.4) is 0 Å². The third-order valence-corrected chi connectivity index (χ3v) is 6.69. The molecule has 3 aromatic rings. The highest BCUT2D eigenvalue weighted by Crippen LogP contribution is 2.49. The van der Waals surface area contributed by atoms with Crippen molar-refractivity contribution in [1.82, 2.24) is 4.98 Å². The van der Waals surface area contributed by atoms with Crippen LogP contribution in [0.2, 0.25) is 5.02 Å². The molecule has 176 valence electrons. The minimum Gasteiger partial charge on any atom is -0.373 e. The molecule has 34 heavy (non-hydrogen) atoms. The van der Waals surface area contributed by atoms with Gasteiger partial charge in [0.2, 0.25) is 5.91 Å². The SMILES string of the molecule is O=C(Nc1ccc(-c2ccccc2F)c(Cl)c1)C1C2CCC(O2)C1c1cccc(C(F)(F)F)n1. The quantitative estimate of drug-likeness (QED) is 0.427. The van der Waals surface area contributed by atoms with Crippen molar-refractivity contribution in [3.8, 4) is 11.1 Å². The fraction of sp³-hybridized carbons (Fsp3) is 0.280. The van der Waals surface area contributed by atoms with Crippen molar-refractivity contribution in [2.75, 3.05) is 5.32 Å². The smallest absolute Gasteiger partial charge is 0.373 e. The number of hydrogen-bond donors (Lipinski definition) is 1. The molecule has 0 spiro atoms. The summed E-state index contributed by atoms with van der Waals surface area (Å²) in [5.74, 6) is -2.09. The maximum Gasteiger partial charge on any atom is 0.433 e. The van der Waals surface area contributed by atoms with Gasteiger partial charge in [-0.1, -0.05) is 41.9 Å². The van der Waals surface area contributed by atoms with E-state index in [0.29, 0.717) is 29.7 Å². The van der Waals surface area contributed by atoms with Crippen molar-refractivity contribution in [1.29, 1.82) is 0 Å². The summed E-state index contributed by atoms with van der Waals surface area (Å²) in [7, 11) is 0. The number of anilines is 1. The monoisotopic (exact) mass is 490 g/mol. The molecule has 1 aromatic heterocycles. The van der Waals surface area contributed by atoms with Crippen LogP contribution in [0.15, 0.2) is 60.7 Å². The minimum absolute atomic E-state index is 0.190. The van der Waals surface area contributed by atoms with Crippen LogP contribution in [0, 0.1) is 11.7 Å². The molecule has 2 aromatic carbocycles. The molecule has 2 fully saturated rings. The number of hydrogen-bond acceptors (Lipinski definition) is 3. The zero-order chi connectivity index (χ0) is 24.0. The largest absolute Gasteiger partial charge is 0.433 e. The van der Waals surface area contributed by atoms with Crippen LogP contribution < -0.4 is 5.32 Å². The number of nitrogens with zero attached hydrogens (tertiary/aromatic N) is 1. The fourth-order valence-electron chi connectivity index (χ4n) is 4.90. The van der Waals surface area contributed by atoms with E-state index in [0.717, 1.165) is 6.07 Å². The molecule has 4 nitrogen and oxygen atoms in total. The molecule has 0 radical (unpaired) electrons. The Morgan fingerprint density at radius 1 is 1.00 bits per heavy atom. The Hall–Kier alpha value is -2.97. The number of carbonyl (C=O) groups excluding carboxylic acids is 1. The Balaban J connectivity index is 1.40. The lowest BCUT2D eigenvalue weighted by Crippen LogP contribution is -2.36. The molecular weight excluding hydrogens is 472 g/mol. The Bertz CT molecular complexity index is 1250. The van der Waals surface area contributed by atoms with E-state index in [9.17, 15) is 22.4 Å². The van der Waals surface area contributed by atoms with Gasteiger partial charge in [-0.15, -0.1) is 0 Å². The van der Waals surface area contributed by atoms with Crippen molar-refractivity contribution >= 4 is 23.2 Å². The predicted molar refractivity (Wildman–Crippen MR) is 119 cm³/mol. The summed E-state index contributed by atoms with van der Waals surface area (Å²) in [5.41, 5.74) is 0.404. The second-order valence-corrected chi connectivity index (χ2v) is 8.86. The average molecular weight is 491 g/mol. The maximum absolute atomic E-state index is 14.1. The molecule has 4 atom stereocenters. The summed E-state index contributed by atoms with van der Waals surface area (Å²) in [6.07, 6.45) is -4.06. The van der Waals surface area contributed by atoms with Crippen LogP contribution in [0.1, 0.15) is 30.1 Å². The van der Waals surface area contributed by atoms with E-state index in [2.05, 4.69) is 10.3 Å². The topological polar surface area (TPSA) is 51.2 Å². The molecule has 0 aliphatic carbocycles. The average Bonchev–Trinajstić information content (AvgIpc) is 3.41. The number of ether oxygens (including phenoxy) is 1. The van der Waals surface area contributed by atoms with E-state index < -0.39 is 35.6 Å². The Morgan fingerprint density at radius 2 is 1.76 bits per heavy atom. The zero-order valence-corrected chi connectivity index (χ0v) is 18.4. The first-order valence-corrected chi connectivity index (χ1v) is 11.1. The highest BCUT2D eigenvalue weighted by atomic mass is 35.5. The van der Waals surface area contributed by atoms with Crippen LogP contribution in [0.5, 0.6) is 0 Å². The molecule has 0 saturated carbocycles. The van der Waals surface area contributed by atoms with Crippen molar-refractivity contribution in [2.45, 2.75) is 37.1 Å². The molecule has 3 heterocycles. The van der Waals surface area contributed by atoms with E-state index in [1.54, 1.807) is 30.3 Å². The molecule has 2 aliphatic rings. The van der Waals surface area contributed by atoms with Crippen LogP contribution in [-0.4, -0.2) is 23.1 Å². The number of rotatable bonds is 4. The molecule has 2 aliphatic heterocycles. The normalized spacial score (nSPS) is 23.8. The molecule has 1 amide bonds. The molecule has 5 rings (SSSR count). The van der Waals surface area contributed by atoms with Gasteiger partial charge in [-0.25, -0.2) is 9.37 Å². The number of aromatic nitrogens is 1. The first-order valence-electron chi connectivity index (χ1n) is 10.8. The Kier molecular flexibility index (Phi) is 5.81. The predicted octanol–water partition coefficient (Wildman–Crippen LogP) is 6.46. The van der Waals surface area contributed by atoms with E-state index in [1.807, 2.05) is 0 Å². The second kappa shape index (κ2) is 8.67. The summed E-state index contributed by atoms with van der Waals surface area (Å²) < 4.78 is 59.6. The van der Waals surface area contributed by atoms with Gasteiger partial charge in [0.25, 0.3) is 0 Å². The maximum atomic E-state index is 14.1. The molecular formula is C25H19ClF4N2O2. The molecule has 4 unspecified atom stereocenters. The summed E-state index contributed by atoms with van der Waals surface area (Å²) in [5, 5.41) is 3.05. The van der Waals surface area contributed by atoms with Crippen molar-refractivity contribution in [3.63, 3.8) is 0 Å². The van der Waals surface area contributed by atoms with Crippen LogP contribution in [0.4, 0.5) is 23.2 Å². The number of fused-ring (bicyclic) bond motifs is 2. The van der Waals surface area contributed by atoms with Gasteiger partial charge in [-0.3, -0.25) is 4.79 Å². The lowest BCUT2D eigenvalue weighted by Gasteiger charge is -2.27. The number of halogens is 5. The summed E-state index contributed by atoms with van der Waals surface area (Å²) >= 11 is 6.37. The van der Waals surface area contributed by atoms with Crippen molar-refractivity contribution < 1.29 is 27.1 Å². The van der Waals surface area contributed by atoms with Crippen molar-refractivity contribution in [2.24, 2.45) is 5.92 Å². The van der Waals surface area contributed by atoms with Gasteiger partial charge < -0.3 is 10.1 Å². The summed E-state index contributed by atoms with van der Waals surface area (Å²) in [6.45, 7) is 0. The van der Waals surface area contributed by atoms with E-state index in [-0.39, 0.29) is 22.7 Å². The third kappa shape index (κ3) is 4.16. The van der Waals surface area contributed by atoms with Crippen molar-refractivity contribution in [3.05, 3.63) is 82.9 Å². The van der Waals surface area contributed by atoms with Gasteiger partial charge in [0.1, 0.15) is 11.5 Å². The van der Waals surface area contributed by atoms with Gasteiger partial charge >= 0.3 is 6.18 Å². The number of amides is 1. The highest BCUT2D eigenvalue weighted by molar-refractivity contribution is 6.33. The zero-order valence-electron chi connectivity index (χ0n) is 17.7. The van der Waals surface area contributed by atoms with E-state index in [4.69, 9.17) is 16.3 Å². The number of nitrogens with one attached hydrogen (secondary N) is 1. The third-order valence-electron chi connectivity index (χ3n) is 6.38. The number of alkyl halides is 3. The van der Waals surface area contributed by atoms with Gasteiger partial charge in [0.15, 0.2) is 0 Å². The van der Waals surface area contributed by atoms with E-state index >= 15 is 0 Å². The van der Waals surface area contributed by atoms with Crippen LogP contribution in [0.25, 0.3) is 11.1 Å². The number of benzene rings is 2. The lowest BCUT2D eigenvalue weighted by atomic mass is 9.76. The molecule has 2 saturated heterocycles. The highest BCUT2D eigenvalue weighted by Gasteiger charge is 2.53.